The van der Waals surface area contributed by atoms with Gasteiger partial charge in [-0.05, 0) is 37.5 Å². The third kappa shape index (κ3) is 6.27. The predicted octanol–water partition coefficient (Wildman–Crippen LogP) is 1.49. The lowest BCUT2D eigenvalue weighted by molar-refractivity contribution is -0.142. The second kappa shape index (κ2) is 8.26. The predicted molar refractivity (Wildman–Crippen MR) is 77.6 cm³/mol. The van der Waals surface area contributed by atoms with E-state index in [1.807, 2.05) is 31.2 Å². The number of carboxylic acid groups (broad SMARTS) is 2. The van der Waals surface area contributed by atoms with Crippen molar-refractivity contribution in [3.63, 3.8) is 0 Å². The molecule has 0 aliphatic heterocycles. The van der Waals surface area contributed by atoms with E-state index in [0.29, 0.717) is 6.42 Å². The fraction of sp³-hybridized carbons (Fsp3) is 0.467. The zero-order valence-corrected chi connectivity index (χ0v) is 12.3. The van der Waals surface area contributed by atoms with Crippen LogP contribution in [0.1, 0.15) is 18.9 Å². The second-order valence-corrected chi connectivity index (χ2v) is 4.93. The van der Waals surface area contributed by atoms with Crippen LogP contribution in [-0.4, -0.2) is 53.3 Å². The van der Waals surface area contributed by atoms with Gasteiger partial charge in [0.15, 0.2) is 0 Å². The van der Waals surface area contributed by atoms with Crippen molar-refractivity contribution in [3.8, 4) is 5.75 Å². The Morgan fingerprint density at radius 2 is 1.67 bits per heavy atom. The van der Waals surface area contributed by atoms with Gasteiger partial charge >= 0.3 is 11.9 Å². The van der Waals surface area contributed by atoms with Gasteiger partial charge in [0.25, 0.3) is 0 Å². The van der Waals surface area contributed by atoms with E-state index in [0.717, 1.165) is 17.7 Å². The Hall–Kier alpha value is -2.08. The van der Waals surface area contributed by atoms with Crippen LogP contribution in [-0.2, 0) is 16.0 Å². The molecule has 0 fully saturated rings. The topological polar surface area (TPSA) is 87.1 Å². The Morgan fingerprint density at radius 3 is 2.10 bits per heavy atom. The standard InChI is InChI=1S/C15H21NO5/c1-11(16(9-14(17)18)10-15(19)20)3-4-12-5-7-13(21-2)8-6-12/h5-8,11H,3-4,9-10H2,1-2H3,(H,17,18)(H,19,20). The van der Waals surface area contributed by atoms with Crippen LogP contribution in [0.2, 0.25) is 0 Å². The largest absolute Gasteiger partial charge is 0.497 e. The lowest BCUT2D eigenvalue weighted by Crippen LogP contribution is -2.41. The van der Waals surface area contributed by atoms with Crippen molar-refractivity contribution in [2.45, 2.75) is 25.8 Å². The first kappa shape index (κ1) is 17.0. The number of hydrogen-bond donors (Lipinski definition) is 2. The van der Waals surface area contributed by atoms with E-state index in [1.165, 1.54) is 4.90 Å². The molecule has 1 unspecified atom stereocenters. The summed E-state index contributed by atoms with van der Waals surface area (Å²) in [7, 11) is 1.60. The summed E-state index contributed by atoms with van der Waals surface area (Å²) in [5, 5.41) is 17.7. The van der Waals surface area contributed by atoms with E-state index < -0.39 is 11.9 Å². The highest BCUT2D eigenvalue weighted by molar-refractivity contribution is 5.72. The Balaban J connectivity index is 2.56. The summed E-state index contributed by atoms with van der Waals surface area (Å²) in [6.45, 7) is 1.31. The Morgan fingerprint density at radius 1 is 1.14 bits per heavy atom. The van der Waals surface area contributed by atoms with Crippen LogP contribution in [0.25, 0.3) is 0 Å². The lowest BCUT2D eigenvalue weighted by atomic mass is 10.0. The maximum Gasteiger partial charge on any atom is 0.317 e. The van der Waals surface area contributed by atoms with Crippen molar-refractivity contribution in [1.82, 2.24) is 4.90 Å². The molecule has 0 heterocycles. The minimum atomic E-state index is -1.02. The average Bonchev–Trinajstić information content (AvgIpc) is 2.43. The van der Waals surface area contributed by atoms with Gasteiger partial charge in [0, 0.05) is 6.04 Å². The molecule has 0 saturated heterocycles. The van der Waals surface area contributed by atoms with E-state index in [4.69, 9.17) is 14.9 Å². The molecule has 2 N–H and O–H groups in total. The molecule has 1 aromatic carbocycles. The van der Waals surface area contributed by atoms with Gasteiger partial charge in [-0.3, -0.25) is 14.5 Å². The molecule has 1 rings (SSSR count). The molecule has 21 heavy (non-hydrogen) atoms. The van der Waals surface area contributed by atoms with Crippen LogP contribution in [0.4, 0.5) is 0 Å². The molecule has 0 aromatic heterocycles. The number of carboxylic acids is 2. The van der Waals surface area contributed by atoms with Gasteiger partial charge in [-0.25, -0.2) is 0 Å². The van der Waals surface area contributed by atoms with Crippen molar-refractivity contribution < 1.29 is 24.5 Å². The molecule has 0 aliphatic carbocycles. The summed E-state index contributed by atoms with van der Waals surface area (Å²) in [5.41, 5.74) is 1.10. The van der Waals surface area contributed by atoms with Gasteiger partial charge in [0.1, 0.15) is 5.75 Å². The highest BCUT2D eigenvalue weighted by Gasteiger charge is 2.19. The summed E-state index contributed by atoms with van der Waals surface area (Å²) < 4.78 is 5.08. The summed E-state index contributed by atoms with van der Waals surface area (Å²) in [4.78, 5) is 23.0. The van der Waals surface area contributed by atoms with Gasteiger partial charge < -0.3 is 14.9 Å². The van der Waals surface area contributed by atoms with Crippen molar-refractivity contribution in [2.75, 3.05) is 20.2 Å². The molecule has 116 valence electrons. The molecule has 0 saturated carbocycles. The Bertz CT molecular complexity index is 455. The molecule has 0 amide bonds. The fourth-order valence-electron chi connectivity index (χ4n) is 2.07. The molecule has 1 aromatic rings. The minimum absolute atomic E-state index is 0.126. The average molecular weight is 295 g/mol. The van der Waals surface area contributed by atoms with Gasteiger partial charge in [-0.1, -0.05) is 12.1 Å². The van der Waals surface area contributed by atoms with Gasteiger partial charge in [0.05, 0.1) is 20.2 Å². The molecule has 0 radical (unpaired) electrons. The third-order valence-corrected chi connectivity index (χ3v) is 3.31. The van der Waals surface area contributed by atoms with E-state index >= 15 is 0 Å². The molecule has 0 aliphatic rings. The first-order valence-electron chi connectivity index (χ1n) is 6.73. The highest BCUT2D eigenvalue weighted by atomic mass is 16.5. The lowest BCUT2D eigenvalue weighted by Gasteiger charge is -2.25. The van der Waals surface area contributed by atoms with Gasteiger partial charge in [-0.2, -0.15) is 0 Å². The van der Waals surface area contributed by atoms with Crippen LogP contribution in [0.5, 0.6) is 5.75 Å². The summed E-state index contributed by atoms with van der Waals surface area (Å²) in [6, 6.07) is 7.51. The maximum atomic E-state index is 10.8. The van der Waals surface area contributed by atoms with Crippen LogP contribution in [0, 0.1) is 0 Å². The number of carbonyl (C=O) groups is 2. The van der Waals surface area contributed by atoms with Crippen molar-refractivity contribution >= 4 is 11.9 Å². The summed E-state index contributed by atoms with van der Waals surface area (Å²) >= 11 is 0. The first-order chi connectivity index (χ1) is 9.92. The fourth-order valence-corrected chi connectivity index (χ4v) is 2.07. The molecule has 6 nitrogen and oxygen atoms in total. The van der Waals surface area contributed by atoms with Gasteiger partial charge in [0.2, 0.25) is 0 Å². The van der Waals surface area contributed by atoms with E-state index in [9.17, 15) is 9.59 Å². The number of methoxy groups -OCH3 is 1. The minimum Gasteiger partial charge on any atom is -0.497 e. The van der Waals surface area contributed by atoms with Crippen molar-refractivity contribution in [2.24, 2.45) is 0 Å². The number of ether oxygens (including phenoxy) is 1. The molecule has 1 atom stereocenters. The number of rotatable bonds is 9. The molecular weight excluding hydrogens is 274 g/mol. The van der Waals surface area contributed by atoms with E-state index in [2.05, 4.69) is 0 Å². The second-order valence-electron chi connectivity index (χ2n) is 4.93. The van der Waals surface area contributed by atoms with Crippen LogP contribution < -0.4 is 4.74 Å². The number of aliphatic carboxylic acids is 2. The van der Waals surface area contributed by atoms with Crippen LogP contribution in [0.3, 0.4) is 0 Å². The third-order valence-electron chi connectivity index (χ3n) is 3.31. The molecule has 0 bridgehead atoms. The van der Waals surface area contributed by atoms with E-state index in [1.54, 1.807) is 7.11 Å². The SMILES string of the molecule is COc1ccc(CCC(C)N(CC(=O)O)CC(=O)O)cc1. The van der Waals surface area contributed by atoms with Crippen molar-refractivity contribution in [1.29, 1.82) is 0 Å². The summed E-state index contributed by atoms with van der Waals surface area (Å²) in [6.07, 6.45) is 1.44. The first-order valence-corrected chi connectivity index (χ1v) is 6.73. The number of benzene rings is 1. The van der Waals surface area contributed by atoms with E-state index in [-0.39, 0.29) is 19.1 Å². The molecule has 0 spiro atoms. The number of hydrogen-bond acceptors (Lipinski definition) is 4. The Kier molecular flexibility index (Phi) is 6.68. The maximum absolute atomic E-state index is 10.8. The molecular formula is C15H21NO5. The number of aryl methyl sites for hydroxylation is 1. The summed E-state index contributed by atoms with van der Waals surface area (Å²) in [5.74, 6) is -1.26. The van der Waals surface area contributed by atoms with Crippen LogP contribution in [0.15, 0.2) is 24.3 Å². The zero-order chi connectivity index (χ0) is 15.8. The van der Waals surface area contributed by atoms with Crippen molar-refractivity contribution in [3.05, 3.63) is 29.8 Å². The number of nitrogens with zero attached hydrogens (tertiary/aromatic N) is 1. The Labute approximate surface area is 124 Å². The quantitative estimate of drug-likeness (QED) is 0.717. The highest BCUT2D eigenvalue weighted by Crippen LogP contribution is 2.14. The smallest absolute Gasteiger partial charge is 0.317 e. The zero-order valence-electron chi connectivity index (χ0n) is 12.3. The monoisotopic (exact) mass is 295 g/mol. The van der Waals surface area contributed by atoms with Gasteiger partial charge in [-0.15, -0.1) is 0 Å². The normalized spacial score (nSPS) is 12.1. The molecule has 6 heteroatoms. The van der Waals surface area contributed by atoms with Crippen LogP contribution >= 0.6 is 0 Å².